The molecule has 0 unspecified atom stereocenters. The molecule has 0 saturated carbocycles. The SMILES string of the molecule is Cc1cccc(-n2nc(CCC(=O)O)c(=O)cc2C)c1C. The second kappa shape index (κ2) is 5.91. The third-order valence-electron chi connectivity index (χ3n) is 3.56. The average molecular weight is 286 g/mol. The van der Waals surface area contributed by atoms with Crippen molar-refractivity contribution in [2.45, 2.75) is 33.6 Å². The molecule has 2 rings (SSSR count). The van der Waals surface area contributed by atoms with Crippen LogP contribution < -0.4 is 5.43 Å². The van der Waals surface area contributed by atoms with Gasteiger partial charge in [0.25, 0.3) is 0 Å². The zero-order valence-corrected chi connectivity index (χ0v) is 12.4. The van der Waals surface area contributed by atoms with E-state index in [0.717, 1.165) is 22.5 Å². The standard InChI is InChI=1S/C16H18N2O3/c1-10-5-4-6-14(12(10)3)18-11(2)9-15(19)13(17-18)7-8-16(20)21/h4-6,9H,7-8H2,1-3H3,(H,20,21). The molecule has 0 spiro atoms. The number of benzene rings is 1. The highest BCUT2D eigenvalue weighted by molar-refractivity contribution is 5.66. The summed E-state index contributed by atoms with van der Waals surface area (Å²) in [5, 5.41) is 13.1. The Bertz CT molecular complexity index is 748. The minimum absolute atomic E-state index is 0.0991. The molecule has 0 atom stereocenters. The molecule has 0 aliphatic carbocycles. The van der Waals surface area contributed by atoms with Gasteiger partial charge in [0.1, 0.15) is 5.69 Å². The number of carboxylic acids is 1. The fourth-order valence-corrected chi connectivity index (χ4v) is 2.19. The number of rotatable bonds is 4. The Labute approximate surface area is 122 Å². The lowest BCUT2D eigenvalue weighted by molar-refractivity contribution is -0.136. The van der Waals surface area contributed by atoms with Crippen molar-refractivity contribution < 1.29 is 9.90 Å². The first-order chi connectivity index (χ1) is 9.90. The Morgan fingerprint density at radius 1 is 1.29 bits per heavy atom. The van der Waals surface area contributed by atoms with E-state index in [1.165, 1.54) is 6.07 Å². The summed E-state index contributed by atoms with van der Waals surface area (Å²) in [5.41, 5.74) is 3.93. The molecule has 0 aliphatic rings. The second-order valence-electron chi connectivity index (χ2n) is 5.12. The van der Waals surface area contributed by atoms with Gasteiger partial charge in [-0.2, -0.15) is 5.10 Å². The van der Waals surface area contributed by atoms with Gasteiger partial charge in [-0.1, -0.05) is 12.1 Å². The number of hydrogen-bond donors (Lipinski definition) is 1. The van der Waals surface area contributed by atoms with Gasteiger partial charge >= 0.3 is 5.97 Å². The van der Waals surface area contributed by atoms with Crippen molar-refractivity contribution in [1.82, 2.24) is 9.78 Å². The van der Waals surface area contributed by atoms with Crippen molar-refractivity contribution in [3.05, 3.63) is 57.0 Å². The minimum atomic E-state index is -0.935. The Morgan fingerprint density at radius 3 is 2.67 bits per heavy atom. The maximum Gasteiger partial charge on any atom is 0.303 e. The fraction of sp³-hybridized carbons (Fsp3) is 0.312. The van der Waals surface area contributed by atoms with E-state index in [2.05, 4.69) is 5.10 Å². The van der Waals surface area contributed by atoms with Crippen molar-refractivity contribution in [2.24, 2.45) is 0 Å². The molecule has 5 heteroatoms. The summed E-state index contributed by atoms with van der Waals surface area (Å²) in [6, 6.07) is 7.40. The normalized spacial score (nSPS) is 10.6. The first-order valence-electron chi connectivity index (χ1n) is 6.78. The summed E-state index contributed by atoms with van der Waals surface area (Å²) >= 11 is 0. The van der Waals surface area contributed by atoms with E-state index in [9.17, 15) is 9.59 Å². The fourth-order valence-electron chi connectivity index (χ4n) is 2.19. The van der Waals surface area contributed by atoms with Crippen molar-refractivity contribution >= 4 is 5.97 Å². The number of aryl methyl sites for hydroxylation is 3. The molecule has 0 bridgehead atoms. The maximum atomic E-state index is 11.9. The molecule has 21 heavy (non-hydrogen) atoms. The molecule has 1 N–H and O–H groups in total. The van der Waals surface area contributed by atoms with Gasteiger partial charge in [-0.25, -0.2) is 4.68 Å². The van der Waals surface area contributed by atoms with Crippen LogP contribution in [-0.4, -0.2) is 20.9 Å². The highest BCUT2D eigenvalue weighted by atomic mass is 16.4. The number of aromatic nitrogens is 2. The zero-order chi connectivity index (χ0) is 15.6. The van der Waals surface area contributed by atoms with Gasteiger partial charge in [0.2, 0.25) is 5.43 Å². The van der Waals surface area contributed by atoms with Crippen molar-refractivity contribution in [1.29, 1.82) is 0 Å². The van der Waals surface area contributed by atoms with Crippen LogP contribution in [0, 0.1) is 20.8 Å². The van der Waals surface area contributed by atoms with E-state index >= 15 is 0 Å². The second-order valence-corrected chi connectivity index (χ2v) is 5.12. The lowest BCUT2D eigenvalue weighted by Crippen LogP contribution is -2.20. The van der Waals surface area contributed by atoms with Gasteiger partial charge in [0.05, 0.1) is 12.1 Å². The summed E-state index contributed by atoms with van der Waals surface area (Å²) in [6.45, 7) is 5.83. The van der Waals surface area contributed by atoms with Crippen LogP contribution in [0.2, 0.25) is 0 Å². The van der Waals surface area contributed by atoms with Crippen LogP contribution >= 0.6 is 0 Å². The monoisotopic (exact) mass is 286 g/mol. The largest absolute Gasteiger partial charge is 0.481 e. The number of nitrogens with zero attached hydrogens (tertiary/aromatic N) is 2. The molecule has 0 amide bonds. The summed E-state index contributed by atoms with van der Waals surface area (Å²) in [5.74, 6) is -0.935. The number of carboxylic acid groups (broad SMARTS) is 1. The van der Waals surface area contributed by atoms with Gasteiger partial charge in [-0.15, -0.1) is 0 Å². The highest BCUT2D eigenvalue weighted by Crippen LogP contribution is 2.17. The maximum absolute atomic E-state index is 11.9. The van der Waals surface area contributed by atoms with Gasteiger partial charge < -0.3 is 5.11 Å². The summed E-state index contributed by atoms with van der Waals surface area (Å²) in [4.78, 5) is 22.6. The first kappa shape index (κ1) is 15.0. The van der Waals surface area contributed by atoms with Crippen LogP contribution in [0.4, 0.5) is 0 Å². The van der Waals surface area contributed by atoms with Gasteiger partial charge in [0, 0.05) is 18.2 Å². The third kappa shape index (κ3) is 3.18. The molecule has 1 aromatic heterocycles. The zero-order valence-electron chi connectivity index (χ0n) is 12.4. The van der Waals surface area contributed by atoms with Gasteiger partial charge in [-0.05, 0) is 38.0 Å². The molecule has 0 radical (unpaired) electrons. The summed E-state index contributed by atoms with van der Waals surface area (Å²) < 4.78 is 1.71. The van der Waals surface area contributed by atoms with E-state index < -0.39 is 5.97 Å². The molecule has 1 heterocycles. The molecule has 5 nitrogen and oxygen atoms in total. The minimum Gasteiger partial charge on any atom is -0.481 e. The Balaban J connectivity index is 2.53. The third-order valence-corrected chi connectivity index (χ3v) is 3.56. The first-order valence-corrected chi connectivity index (χ1v) is 6.78. The predicted molar refractivity (Wildman–Crippen MR) is 80.0 cm³/mol. The van der Waals surface area contributed by atoms with Crippen LogP contribution in [0.1, 0.15) is 28.9 Å². The van der Waals surface area contributed by atoms with E-state index in [1.807, 2.05) is 39.0 Å². The quantitative estimate of drug-likeness (QED) is 0.935. The molecular weight excluding hydrogens is 268 g/mol. The Morgan fingerprint density at radius 2 is 2.00 bits per heavy atom. The average Bonchev–Trinajstić information content (AvgIpc) is 2.41. The van der Waals surface area contributed by atoms with E-state index in [0.29, 0.717) is 0 Å². The van der Waals surface area contributed by atoms with Crippen LogP contribution in [0.5, 0.6) is 0 Å². The topological polar surface area (TPSA) is 72.2 Å². The van der Waals surface area contributed by atoms with Crippen LogP contribution in [0.3, 0.4) is 0 Å². The Kier molecular flexibility index (Phi) is 4.21. The number of aliphatic carboxylic acids is 1. The lowest BCUT2D eigenvalue weighted by Gasteiger charge is -2.14. The van der Waals surface area contributed by atoms with Gasteiger partial charge in [-0.3, -0.25) is 9.59 Å². The smallest absolute Gasteiger partial charge is 0.303 e. The molecule has 0 saturated heterocycles. The van der Waals surface area contributed by atoms with E-state index in [-0.39, 0.29) is 24.0 Å². The number of hydrogen-bond acceptors (Lipinski definition) is 3. The summed E-state index contributed by atoms with van der Waals surface area (Å²) in [6.07, 6.45) is 0.0391. The molecule has 0 aliphatic heterocycles. The van der Waals surface area contributed by atoms with Crippen LogP contribution in [-0.2, 0) is 11.2 Å². The molecule has 2 aromatic rings. The molecular formula is C16H18N2O3. The Hall–Kier alpha value is -2.43. The highest BCUT2D eigenvalue weighted by Gasteiger charge is 2.11. The van der Waals surface area contributed by atoms with Crippen molar-refractivity contribution in [2.75, 3.05) is 0 Å². The van der Waals surface area contributed by atoms with E-state index in [1.54, 1.807) is 4.68 Å². The summed E-state index contributed by atoms with van der Waals surface area (Å²) in [7, 11) is 0. The predicted octanol–water partition coefficient (Wildman–Crippen LogP) is 2.17. The number of carbonyl (C=O) groups is 1. The van der Waals surface area contributed by atoms with Crippen LogP contribution in [0.15, 0.2) is 29.1 Å². The van der Waals surface area contributed by atoms with Crippen LogP contribution in [0.25, 0.3) is 5.69 Å². The molecule has 1 aromatic carbocycles. The van der Waals surface area contributed by atoms with Gasteiger partial charge in [0.15, 0.2) is 0 Å². The molecule has 110 valence electrons. The molecule has 0 fully saturated rings. The van der Waals surface area contributed by atoms with Crippen molar-refractivity contribution in [3.63, 3.8) is 0 Å². The lowest BCUT2D eigenvalue weighted by atomic mass is 10.1. The van der Waals surface area contributed by atoms with Crippen molar-refractivity contribution in [3.8, 4) is 5.69 Å². The van der Waals surface area contributed by atoms with E-state index in [4.69, 9.17) is 5.11 Å².